The molecule has 1 unspecified atom stereocenters. The van der Waals surface area contributed by atoms with Crippen LogP contribution in [0.15, 0.2) is 24.3 Å². The van der Waals surface area contributed by atoms with Crippen LogP contribution in [0.4, 0.5) is 0 Å². The summed E-state index contributed by atoms with van der Waals surface area (Å²) in [5.41, 5.74) is 0.355. The van der Waals surface area contributed by atoms with Gasteiger partial charge in [-0.05, 0) is 43.4 Å². The highest BCUT2D eigenvalue weighted by Crippen LogP contribution is 2.26. The standard InChI is InChI=1S/C13H16O4/c14-12(13(15)16)9-4-3-7-11(8-9)17-10-5-1-2-6-10/h3-4,7-8,10,12,14H,1-2,5-6H2,(H,15,16). The van der Waals surface area contributed by atoms with Gasteiger partial charge in [-0.2, -0.15) is 0 Å². The Morgan fingerprint density at radius 1 is 1.35 bits per heavy atom. The van der Waals surface area contributed by atoms with Gasteiger partial charge in [0.15, 0.2) is 6.10 Å². The van der Waals surface area contributed by atoms with Gasteiger partial charge in [0.05, 0.1) is 6.10 Å². The zero-order chi connectivity index (χ0) is 12.3. The minimum Gasteiger partial charge on any atom is -0.490 e. The molecule has 0 heterocycles. The lowest BCUT2D eigenvalue weighted by Crippen LogP contribution is -2.13. The Morgan fingerprint density at radius 3 is 2.71 bits per heavy atom. The monoisotopic (exact) mass is 236 g/mol. The molecule has 2 N–H and O–H groups in total. The minimum atomic E-state index is -1.48. The highest BCUT2D eigenvalue weighted by atomic mass is 16.5. The summed E-state index contributed by atoms with van der Waals surface area (Å²) in [5.74, 6) is -0.613. The molecule has 1 aromatic carbocycles. The van der Waals surface area contributed by atoms with Crippen molar-refractivity contribution in [3.8, 4) is 5.75 Å². The summed E-state index contributed by atoms with van der Waals surface area (Å²) >= 11 is 0. The molecule has 4 heteroatoms. The van der Waals surface area contributed by atoms with E-state index in [0.29, 0.717) is 11.3 Å². The number of ether oxygens (including phenoxy) is 1. The lowest BCUT2D eigenvalue weighted by atomic mass is 10.1. The van der Waals surface area contributed by atoms with Crippen LogP contribution in [0, 0.1) is 0 Å². The summed E-state index contributed by atoms with van der Waals surface area (Å²) in [6.07, 6.45) is 3.20. The number of aliphatic carboxylic acids is 1. The number of carboxylic acids is 1. The summed E-state index contributed by atoms with van der Waals surface area (Å²) in [7, 11) is 0. The quantitative estimate of drug-likeness (QED) is 0.840. The molecule has 0 aliphatic heterocycles. The molecule has 1 saturated carbocycles. The number of benzene rings is 1. The second-order valence-electron chi connectivity index (χ2n) is 4.34. The van der Waals surface area contributed by atoms with Crippen LogP contribution in [0.3, 0.4) is 0 Å². The van der Waals surface area contributed by atoms with E-state index in [1.165, 1.54) is 12.8 Å². The third-order valence-electron chi connectivity index (χ3n) is 3.01. The van der Waals surface area contributed by atoms with Crippen LogP contribution in [0.2, 0.25) is 0 Å². The van der Waals surface area contributed by atoms with E-state index >= 15 is 0 Å². The third kappa shape index (κ3) is 2.97. The number of hydrogen-bond donors (Lipinski definition) is 2. The molecule has 0 radical (unpaired) electrons. The Kier molecular flexibility index (Phi) is 3.64. The van der Waals surface area contributed by atoms with Crippen LogP contribution in [0.5, 0.6) is 5.75 Å². The van der Waals surface area contributed by atoms with Gasteiger partial charge in [0, 0.05) is 0 Å². The van der Waals surface area contributed by atoms with E-state index in [1.807, 2.05) is 0 Å². The van der Waals surface area contributed by atoms with Crippen molar-refractivity contribution in [1.29, 1.82) is 0 Å². The second-order valence-corrected chi connectivity index (χ2v) is 4.34. The molecular weight excluding hydrogens is 220 g/mol. The first kappa shape index (κ1) is 11.9. The number of rotatable bonds is 4. The van der Waals surface area contributed by atoms with Crippen molar-refractivity contribution < 1.29 is 19.7 Å². The van der Waals surface area contributed by atoms with Gasteiger partial charge in [-0.3, -0.25) is 0 Å². The molecule has 0 amide bonds. The molecule has 0 bridgehead atoms. The van der Waals surface area contributed by atoms with Crippen molar-refractivity contribution in [2.24, 2.45) is 0 Å². The van der Waals surface area contributed by atoms with Gasteiger partial charge in [-0.15, -0.1) is 0 Å². The predicted octanol–water partition coefficient (Wildman–Crippen LogP) is 2.13. The highest BCUT2D eigenvalue weighted by molar-refractivity contribution is 5.74. The van der Waals surface area contributed by atoms with Crippen molar-refractivity contribution in [1.82, 2.24) is 0 Å². The topological polar surface area (TPSA) is 66.8 Å². The molecule has 1 fully saturated rings. The lowest BCUT2D eigenvalue weighted by molar-refractivity contribution is -0.146. The lowest BCUT2D eigenvalue weighted by Gasteiger charge is -2.14. The normalized spacial score (nSPS) is 17.9. The molecular formula is C13H16O4. The van der Waals surface area contributed by atoms with Crippen molar-refractivity contribution in [2.45, 2.75) is 37.9 Å². The van der Waals surface area contributed by atoms with Crippen LogP contribution in [-0.4, -0.2) is 22.3 Å². The van der Waals surface area contributed by atoms with E-state index in [9.17, 15) is 9.90 Å². The van der Waals surface area contributed by atoms with Crippen LogP contribution in [0.1, 0.15) is 37.4 Å². The van der Waals surface area contributed by atoms with Crippen molar-refractivity contribution in [2.75, 3.05) is 0 Å². The molecule has 2 rings (SSSR count). The van der Waals surface area contributed by atoms with E-state index in [4.69, 9.17) is 9.84 Å². The van der Waals surface area contributed by atoms with Crippen molar-refractivity contribution >= 4 is 5.97 Å². The number of hydrogen-bond acceptors (Lipinski definition) is 3. The summed E-state index contributed by atoms with van der Waals surface area (Å²) in [4.78, 5) is 10.7. The first-order chi connectivity index (χ1) is 8.16. The van der Waals surface area contributed by atoms with E-state index in [1.54, 1.807) is 24.3 Å². The zero-order valence-corrected chi connectivity index (χ0v) is 9.50. The van der Waals surface area contributed by atoms with Crippen LogP contribution in [0.25, 0.3) is 0 Å². The van der Waals surface area contributed by atoms with Gasteiger partial charge in [0.25, 0.3) is 0 Å². The zero-order valence-electron chi connectivity index (χ0n) is 9.50. The molecule has 1 aromatic rings. The maximum atomic E-state index is 10.7. The van der Waals surface area contributed by atoms with E-state index in [-0.39, 0.29) is 6.10 Å². The highest BCUT2D eigenvalue weighted by Gasteiger charge is 2.19. The van der Waals surface area contributed by atoms with Gasteiger partial charge in [0.2, 0.25) is 0 Å². The maximum absolute atomic E-state index is 10.7. The molecule has 1 aliphatic carbocycles. The Bertz CT molecular complexity index is 396. The van der Waals surface area contributed by atoms with E-state index in [2.05, 4.69) is 0 Å². The first-order valence-corrected chi connectivity index (χ1v) is 5.84. The summed E-state index contributed by atoms with van der Waals surface area (Å²) in [6, 6.07) is 6.67. The number of carbonyl (C=O) groups is 1. The summed E-state index contributed by atoms with van der Waals surface area (Å²) in [5, 5.41) is 18.1. The molecule has 0 aromatic heterocycles. The van der Waals surface area contributed by atoms with Gasteiger partial charge in [0.1, 0.15) is 5.75 Å². The molecule has 17 heavy (non-hydrogen) atoms. The number of aliphatic hydroxyl groups excluding tert-OH is 1. The van der Waals surface area contributed by atoms with E-state index in [0.717, 1.165) is 12.8 Å². The van der Waals surface area contributed by atoms with Gasteiger partial charge in [-0.1, -0.05) is 12.1 Å². The summed E-state index contributed by atoms with van der Waals surface area (Å²) in [6.45, 7) is 0. The van der Waals surface area contributed by atoms with Crippen molar-refractivity contribution in [3.63, 3.8) is 0 Å². The Balaban J connectivity index is 2.07. The molecule has 1 atom stereocenters. The predicted molar refractivity (Wildman–Crippen MR) is 61.9 cm³/mol. The molecule has 92 valence electrons. The summed E-state index contributed by atoms with van der Waals surface area (Å²) < 4.78 is 5.74. The SMILES string of the molecule is O=C(O)C(O)c1cccc(OC2CCCC2)c1. The fourth-order valence-corrected chi connectivity index (χ4v) is 2.10. The molecule has 0 spiro atoms. The number of carboxylic acid groups (broad SMARTS) is 1. The molecule has 4 nitrogen and oxygen atoms in total. The first-order valence-electron chi connectivity index (χ1n) is 5.84. The van der Waals surface area contributed by atoms with Crippen LogP contribution >= 0.6 is 0 Å². The maximum Gasteiger partial charge on any atom is 0.337 e. The van der Waals surface area contributed by atoms with Crippen molar-refractivity contribution in [3.05, 3.63) is 29.8 Å². The third-order valence-corrected chi connectivity index (χ3v) is 3.01. The minimum absolute atomic E-state index is 0.229. The second kappa shape index (κ2) is 5.19. The average molecular weight is 236 g/mol. The Hall–Kier alpha value is -1.55. The fourth-order valence-electron chi connectivity index (χ4n) is 2.10. The van der Waals surface area contributed by atoms with E-state index < -0.39 is 12.1 Å². The molecule has 1 aliphatic rings. The average Bonchev–Trinajstić information content (AvgIpc) is 2.81. The van der Waals surface area contributed by atoms with Crippen LogP contribution in [-0.2, 0) is 4.79 Å². The van der Waals surface area contributed by atoms with Gasteiger partial charge >= 0.3 is 5.97 Å². The Labute approximate surface area is 99.8 Å². The fraction of sp³-hybridized carbons (Fsp3) is 0.462. The van der Waals surface area contributed by atoms with Crippen LogP contribution < -0.4 is 4.74 Å². The number of aliphatic hydroxyl groups is 1. The largest absolute Gasteiger partial charge is 0.490 e. The van der Waals surface area contributed by atoms with Gasteiger partial charge in [-0.25, -0.2) is 4.79 Å². The van der Waals surface area contributed by atoms with Gasteiger partial charge < -0.3 is 14.9 Å². The molecule has 0 saturated heterocycles. The Morgan fingerprint density at radius 2 is 2.06 bits per heavy atom. The smallest absolute Gasteiger partial charge is 0.337 e.